The van der Waals surface area contributed by atoms with E-state index in [4.69, 9.17) is 0 Å². The molecule has 292 valence electrons. The van der Waals surface area contributed by atoms with E-state index < -0.39 is 17.7 Å². The van der Waals surface area contributed by atoms with Crippen molar-refractivity contribution in [3.63, 3.8) is 0 Å². The summed E-state index contributed by atoms with van der Waals surface area (Å²) in [6.45, 7) is 2.48. The van der Waals surface area contributed by atoms with E-state index in [2.05, 4.69) is 38.6 Å². The van der Waals surface area contributed by atoms with E-state index >= 15 is 0 Å². The second kappa shape index (κ2) is 17.5. The second-order valence-corrected chi connectivity index (χ2v) is 15.6. The number of carboxylic acid groups (broad SMARTS) is 1. The lowest BCUT2D eigenvalue weighted by Gasteiger charge is -2.36. The predicted octanol–water partition coefficient (Wildman–Crippen LogP) is 5.68. The van der Waals surface area contributed by atoms with Crippen molar-refractivity contribution in [1.82, 2.24) is 30.2 Å². The highest BCUT2D eigenvalue weighted by molar-refractivity contribution is 7.10. The van der Waals surface area contributed by atoms with Gasteiger partial charge in [-0.25, -0.2) is 9.48 Å². The van der Waals surface area contributed by atoms with Gasteiger partial charge in [0.25, 0.3) is 0 Å². The van der Waals surface area contributed by atoms with Crippen molar-refractivity contribution in [1.29, 1.82) is 0 Å². The van der Waals surface area contributed by atoms with Gasteiger partial charge in [0.05, 0.1) is 22.0 Å². The van der Waals surface area contributed by atoms with Crippen LogP contribution in [-0.2, 0) is 23.5 Å². The summed E-state index contributed by atoms with van der Waals surface area (Å²) in [4.78, 5) is 29.9. The minimum Gasteiger partial charge on any atom is -0.506 e. The summed E-state index contributed by atoms with van der Waals surface area (Å²) in [5, 5.41) is 57.4. The molecule has 0 unspecified atom stereocenters. The van der Waals surface area contributed by atoms with Gasteiger partial charge in [0, 0.05) is 43.0 Å². The minimum atomic E-state index is -1.78. The topological polar surface area (TPSA) is 177 Å². The molecule has 0 bridgehead atoms. The van der Waals surface area contributed by atoms with Crippen LogP contribution in [0, 0.1) is 5.92 Å². The van der Waals surface area contributed by atoms with E-state index in [1.54, 1.807) is 12.1 Å². The number of nitrogens with one attached hydrogen (secondary N) is 2. The van der Waals surface area contributed by atoms with Gasteiger partial charge in [0.15, 0.2) is 5.60 Å². The van der Waals surface area contributed by atoms with Crippen molar-refractivity contribution in [2.24, 2.45) is 5.92 Å². The van der Waals surface area contributed by atoms with Crippen LogP contribution in [0.5, 0.6) is 5.75 Å². The Hall–Kier alpha value is -4.28. The molecule has 2 aromatic carbocycles. The summed E-state index contributed by atoms with van der Waals surface area (Å²) in [6, 6.07) is 14.7. The van der Waals surface area contributed by atoms with Crippen LogP contribution >= 0.6 is 11.3 Å². The van der Waals surface area contributed by atoms with Gasteiger partial charge in [0.1, 0.15) is 11.3 Å². The van der Waals surface area contributed by atoms with Crippen molar-refractivity contribution >= 4 is 39.2 Å². The van der Waals surface area contributed by atoms with Crippen LogP contribution < -0.4 is 10.9 Å². The number of aromatic nitrogens is 4. The number of aliphatic carboxylic acids is 1. The molecule has 2 atom stereocenters. The Bertz CT molecular complexity index is 2090. The summed E-state index contributed by atoms with van der Waals surface area (Å²) in [5.74, 6) is -1.09. The highest BCUT2D eigenvalue weighted by atomic mass is 32.1. The number of phenols is 1. The fraction of sp³-hybridized carbons (Fsp3) is 0.487. The van der Waals surface area contributed by atoms with Crippen LogP contribution in [0.3, 0.4) is 0 Å². The van der Waals surface area contributed by atoms with Gasteiger partial charge in [-0.15, -0.1) is 16.4 Å². The van der Waals surface area contributed by atoms with E-state index in [0.29, 0.717) is 33.9 Å². The first kappa shape index (κ1) is 40.9. The molecular formula is C39H50F2N6O6S. The molecule has 7 rings (SSSR count). The third-order valence-corrected chi connectivity index (χ3v) is 12.5. The minimum absolute atomic E-state index is 0. The monoisotopic (exact) mass is 768 g/mol. The van der Waals surface area contributed by atoms with Gasteiger partial charge in [0.2, 0.25) is 5.56 Å². The number of rotatable bonds is 14. The summed E-state index contributed by atoms with van der Waals surface area (Å²) in [5.41, 5.74) is 2.68. The van der Waals surface area contributed by atoms with Crippen molar-refractivity contribution in [3.8, 4) is 5.75 Å². The molecule has 12 nitrogen and oxygen atoms in total. The molecule has 3 aromatic heterocycles. The number of aromatic hydroxyl groups is 1. The van der Waals surface area contributed by atoms with Crippen LogP contribution in [0.25, 0.3) is 21.9 Å². The number of pyridine rings is 1. The second-order valence-electron chi connectivity index (χ2n) is 14.7. The molecule has 0 saturated heterocycles. The largest absolute Gasteiger partial charge is 0.506 e. The lowest BCUT2D eigenvalue weighted by atomic mass is 9.76. The third-order valence-electron chi connectivity index (χ3n) is 11.5. The average Bonchev–Trinajstić information content (AvgIpc) is 3.94. The molecule has 0 amide bonds. The van der Waals surface area contributed by atoms with E-state index in [-0.39, 0.29) is 39.1 Å². The first-order valence-electron chi connectivity index (χ1n) is 18.4. The van der Waals surface area contributed by atoms with Gasteiger partial charge in [-0.2, -0.15) is 0 Å². The molecule has 54 heavy (non-hydrogen) atoms. The fourth-order valence-electron chi connectivity index (χ4n) is 8.54. The molecule has 2 aliphatic carbocycles. The number of aliphatic hydroxyl groups excluding tert-OH is 1. The quantitative estimate of drug-likeness (QED) is 0.0825. The molecule has 3 heterocycles. The maximum absolute atomic E-state index is 12.4. The summed E-state index contributed by atoms with van der Waals surface area (Å²) in [7, 11) is 2.19. The maximum Gasteiger partial charge on any atom is 0.341 e. The molecule has 5 aromatic rings. The number of carboxylic acids is 1. The number of nitrogens with zero attached hydrogens (tertiary/aromatic N) is 4. The first-order valence-corrected chi connectivity index (χ1v) is 19.3. The van der Waals surface area contributed by atoms with E-state index in [1.165, 1.54) is 23.5 Å². The molecule has 0 radical (unpaired) electrons. The number of thiophene rings is 1. The number of H-pyrrole nitrogens is 1. The van der Waals surface area contributed by atoms with Gasteiger partial charge in [-0.05, 0) is 117 Å². The number of benzene rings is 2. The predicted molar refractivity (Wildman–Crippen MR) is 205 cm³/mol. The summed E-state index contributed by atoms with van der Waals surface area (Å²) < 4.78 is 1.95. The molecule has 6 N–H and O–H groups in total. The molecule has 2 aliphatic rings. The van der Waals surface area contributed by atoms with E-state index in [9.17, 15) is 30.0 Å². The maximum atomic E-state index is 12.4. The summed E-state index contributed by atoms with van der Waals surface area (Å²) >= 11 is 1.41. The third kappa shape index (κ3) is 8.20. The van der Waals surface area contributed by atoms with Gasteiger partial charge >= 0.3 is 5.97 Å². The zero-order valence-corrected chi connectivity index (χ0v) is 31.1. The highest BCUT2D eigenvalue weighted by Gasteiger charge is 2.49. The van der Waals surface area contributed by atoms with Crippen LogP contribution in [0.1, 0.15) is 91.4 Å². The fourth-order valence-corrected chi connectivity index (χ4v) is 9.69. The highest BCUT2D eigenvalue weighted by Crippen LogP contribution is 2.47. The number of carbonyl (C=O) groups is 1. The zero-order chi connectivity index (χ0) is 36.4. The smallest absolute Gasteiger partial charge is 0.341 e. The Morgan fingerprint density at radius 1 is 1.07 bits per heavy atom. The van der Waals surface area contributed by atoms with E-state index in [0.717, 1.165) is 93.0 Å². The van der Waals surface area contributed by atoms with Crippen molar-refractivity contribution < 1.29 is 34.6 Å². The van der Waals surface area contributed by atoms with Crippen molar-refractivity contribution in [2.45, 2.75) is 94.5 Å². The van der Waals surface area contributed by atoms with Gasteiger partial charge in [-0.1, -0.05) is 30.2 Å². The number of aliphatic hydroxyl groups is 2. The van der Waals surface area contributed by atoms with Gasteiger partial charge < -0.3 is 35.6 Å². The van der Waals surface area contributed by atoms with Crippen LogP contribution in [0.2, 0.25) is 0 Å². The Labute approximate surface area is 315 Å². The number of phenolic OH excluding ortho intramolecular Hbond substituents is 1. The number of hydrogen-bond acceptors (Lipinski definition) is 10. The Kier molecular flexibility index (Phi) is 13.2. The SMILES string of the molecule is CN(CCCn1nnc2cc(CNC[C@H](O)c3ccc(O)c4[nH]c(=O)ccc34)ccc21)[C@H]1CC[C@H](c2ccsc2[C@@](O)(C(=O)O)C2CCCC2)CC1.F.F. The lowest BCUT2D eigenvalue weighted by molar-refractivity contribution is -0.166. The number of halogens is 2. The molecular weight excluding hydrogens is 719 g/mol. The van der Waals surface area contributed by atoms with Crippen LogP contribution in [0.15, 0.2) is 58.7 Å². The molecule has 0 aliphatic heterocycles. The molecule has 15 heteroatoms. The molecule has 0 spiro atoms. The van der Waals surface area contributed by atoms with Crippen LogP contribution in [-0.4, -0.2) is 77.5 Å². The average molecular weight is 769 g/mol. The van der Waals surface area contributed by atoms with Crippen molar-refractivity contribution in [2.75, 3.05) is 20.1 Å². The first-order chi connectivity index (χ1) is 25.1. The van der Waals surface area contributed by atoms with Crippen LogP contribution in [0.4, 0.5) is 9.41 Å². The Morgan fingerprint density at radius 2 is 1.83 bits per heavy atom. The number of hydrogen-bond donors (Lipinski definition) is 6. The number of aromatic amines is 1. The van der Waals surface area contributed by atoms with Gasteiger partial charge in [-0.3, -0.25) is 14.2 Å². The Balaban J connectivity index is 0.00000280. The Morgan fingerprint density at radius 3 is 2.57 bits per heavy atom. The lowest BCUT2D eigenvalue weighted by Crippen LogP contribution is -2.42. The number of fused-ring (bicyclic) bond motifs is 2. The summed E-state index contributed by atoms with van der Waals surface area (Å²) in [6.07, 6.45) is 7.62. The normalized spacial score (nSPS) is 19.4. The van der Waals surface area contributed by atoms with E-state index in [1.807, 2.05) is 28.3 Å². The molecule has 2 fully saturated rings. The zero-order valence-electron chi connectivity index (χ0n) is 30.3. The number of aryl methyl sites for hydroxylation is 1. The molecule has 2 saturated carbocycles. The standard InChI is InChI=1S/C39H48N6O6S.2FH/c1-44(27-10-8-25(9-11-27)28-17-20-52-37(28)39(51,38(49)50)26-5-2-3-6-26)18-4-19-45-32-14-7-24(21-31(32)42-43-45)22-40-23-34(47)29-12-15-33(46)36-30(29)13-16-35(48)41-36;;/h7,12-17,20-21,25-27,34,40,46-47,51H,2-6,8-11,18-19,22-23H2,1H3,(H,41,48)(H,49,50);2*1H/t25-,27-,34-,39+;;/m0../s1. The van der Waals surface area contributed by atoms with Crippen molar-refractivity contribution in [3.05, 3.63) is 85.8 Å².